The maximum absolute atomic E-state index is 14.9. The number of ether oxygens (including phenoxy) is 8. The maximum Gasteiger partial charge on any atom is 0.311 e. The number of rotatable bonds is 13. The Balaban J connectivity index is 1.50. The van der Waals surface area contributed by atoms with Crippen LogP contribution in [-0.4, -0.2) is 180 Å². The number of thiophene rings is 1. The highest BCUT2D eigenvalue weighted by molar-refractivity contribution is 7.15. The maximum atomic E-state index is 14.9. The molecule has 408 valence electrons. The number of likely N-dealkylation sites (N-methyl/N-ethyl adjacent to an activating group) is 1. The molecule has 0 saturated carbocycles. The molecule has 7 heterocycles. The lowest BCUT2D eigenvalue weighted by atomic mass is 9.78. The fourth-order valence-electron chi connectivity index (χ4n) is 11.5. The van der Waals surface area contributed by atoms with Gasteiger partial charge in [0, 0.05) is 43.0 Å². The van der Waals surface area contributed by atoms with Crippen molar-refractivity contribution in [3.05, 3.63) is 35.2 Å². The summed E-state index contributed by atoms with van der Waals surface area (Å²) < 4.78 is 53.7. The molecule has 72 heavy (non-hydrogen) atoms. The molecule has 5 saturated heterocycles. The Hall–Kier alpha value is -2.89. The first kappa shape index (κ1) is 58.4. The molecule has 18 nitrogen and oxygen atoms in total. The summed E-state index contributed by atoms with van der Waals surface area (Å²) in [5, 5.41) is 40.9. The van der Waals surface area contributed by atoms with Crippen molar-refractivity contribution in [2.24, 2.45) is 22.9 Å². The minimum atomic E-state index is -1.70. The van der Waals surface area contributed by atoms with E-state index in [0.717, 1.165) is 28.4 Å². The van der Waals surface area contributed by atoms with Gasteiger partial charge in [-0.15, -0.1) is 11.3 Å². The third-order valence-corrected chi connectivity index (χ3v) is 16.7. The molecular weight excluding hydrogens is 947 g/mol. The lowest BCUT2D eigenvalue weighted by molar-refractivity contribution is -0.320. The largest absolute Gasteiger partial charge is 0.459 e. The molecule has 2 aromatic heterocycles. The SMILES string of the molecule is CCCN1C[C@H](C)[C@H]2OCC(=NOCc3ccc(-c4cccc(N)n4)s3)CO[C@](C)(C[C@H]1C)[C@H](O[C@@H]1O[C@H](C)C[C@H](N(C)C)[C@H]1O)[C@@H](C)[C@H](O[C@H]1C[C@@](C)(OC)[C@@H](O)[C@H](C)O1)[C@@H](C)C(=O)O[C@H](CC)[C@@]2(C)O. The number of methoxy groups -OCH3 is 1. The molecule has 5 fully saturated rings. The van der Waals surface area contributed by atoms with Crippen molar-refractivity contribution < 1.29 is 62.8 Å². The Bertz CT molecular complexity index is 2080. The van der Waals surface area contributed by atoms with E-state index in [2.05, 4.69) is 35.8 Å². The molecule has 0 aromatic carbocycles. The van der Waals surface area contributed by atoms with Crippen LogP contribution in [0.4, 0.5) is 5.82 Å². The van der Waals surface area contributed by atoms with E-state index >= 15 is 0 Å². The van der Waals surface area contributed by atoms with E-state index in [4.69, 9.17) is 48.5 Å². The van der Waals surface area contributed by atoms with Gasteiger partial charge in [-0.1, -0.05) is 38.9 Å². The van der Waals surface area contributed by atoms with E-state index in [1.807, 2.05) is 77.9 Å². The highest BCUT2D eigenvalue weighted by atomic mass is 32.1. The van der Waals surface area contributed by atoms with Crippen LogP contribution in [-0.2, 0) is 54.1 Å². The molecule has 0 spiro atoms. The number of nitrogens with two attached hydrogens (primary N) is 1. The fourth-order valence-corrected chi connectivity index (χ4v) is 12.4. The third-order valence-electron chi connectivity index (χ3n) is 15.6. The number of carbonyl (C=O) groups is 1. The fraction of sp³-hybridized carbons (Fsp3) is 0.792. The van der Waals surface area contributed by atoms with E-state index in [0.29, 0.717) is 30.9 Å². The Morgan fingerprint density at radius 1 is 1.00 bits per heavy atom. The number of anilines is 1. The predicted octanol–water partition coefficient (Wildman–Crippen LogP) is 6.02. The molecule has 18 atom stereocenters. The molecule has 2 aromatic rings. The van der Waals surface area contributed by atoms with E-state index in [1.54, 1.807) is 33.9 Å². The number of aromatic nitrogens is 1. The van der Waals surface area contributed by atoms with Gasteiger partial charge >= 0.3 is 5.97 Å². The Morgan fingerprint density at radius 3 is 2.40 bits per heavy atom. The second kappa shape index (κ2) is 24.8. The topological polar surface area (TPSA) is 219 Å². The number of aliphatic hydroxyl groups is 3. The minimum Gasteiger partial charge on any atom is -0.459 e. The van der Waals surface area contributed by atoms with E-state index in [1.165, 1.54) is 11.3 Å². The van der Waals surface area contributed by atoms with Gasteiger partial charge in [-0.2, -0.15) is 0 Å². The number of carbonyl (C=O) groups excluding carboxylic acids is 1. The lowest BCUT2D eigenvalue weighted by Crippen LogP contribution is -2.61. The predicted molar refractivity (Wildman–Crippen MR) is 275 cm³/mol. The number of nitrogens with zero attached hydrogens (tertiary/aromatic N) is 4. The van der Waals surface area contributed by atoms with Gasteiger partial charge in [0.2, 0.25) is 0 Å². The molecule has 0 radical (unpaired) electrons. The highest BCUT2D eigenvalue weighted by Gasteiger charge is 2.54. The Kier molecular flexibility index (Phi) is 20.1. The van der Waals surface area contributed by atoms with E-state index < -0.39 is 89.9 Å². The van der Waals surface area contributed by atoms with Gasteiger partial charge in [0.25, 0.3) is 0 Å². The number of aliphatic hydroxyl groups excluding tert-OH is 2. The van der Waals surface area contributed by atoms with Gasteiger partial charge in [0.1, 0.15) is 35.4 Å². The van der Waals surface area contributed by atoms with Gasteiger partial charge in [-0.25, -0.2) is 4.98 Å². The first-order chi connectivity index (χ1) is 33.9. The third kappa shape index (κ3) is 13.6. The van der Waals surface area contributed by atoms with E-state index in [-0.39, 0.29) is 56.8 Å². The van der Waals surface area contributed by atoms with Crippen molar-refractivity contribution in [3.8, 4) is 10.6 Å². The van der Waals surface area contributed by atoms with Crippen molar-refractivity contribution in [2.75, 3.05) is 53.2 Å². The average molecular weight is 1030 g/mol. The summed E-state index contributed by atoms with van der Waals surface area (Å²) in [6.07, 6.45) is -6.59. The number of pyridine rings is 1. The van der Waals surface area contributed by atoms with Crippen LogP contribution in [0.25, 0.3) is 10.6 Å². The van der Waals surface area contributed by atoms with Crippen LogP contribution >= 0.6 is 11.3 Å². The van der Waals surface area contributed by atoms with E-state index in [9.17, 15) is 20.1 Å². The molecule has 19 heteroatoms. The summed E-state index contributed by atoms with van der Waals surface area (Å²) in [7, 11) is 5.39. The smallest absolute Gasteiger partial charge is 0.311 e. The van der Waals surface area contributed by atoms with Crippen molar-refractivity contribution in [2.45, 2.75) is 205 Å². The summed E-state index contributed by atoms with van der Waals surface area (Å²) in [5.41, 5.74) is 3.20. The van der Waals surface area contributed by atoms with Crippen LogP contribution < -0.4 is 5.73 Å². The first-order valence-electron chi connectivity index (χ1n) is 26.1. The Morgan fingerprint density at radius 2 is 1.74 bits per heavy atom. The molecular formula is C53H87N5O13S. The summed E-state index contributed by atoms with van der Waals surface area (Å²) in [6.45, 7) is 22.4. The summed E-state index contributed by atoms with van der Waals surface area (Å²) >= 11 is 1.52. The van der Waals surface area contributed by atoms with Crippen LogP contribution in [0.5, 0.6) is 0 Å². The second-order valence-corrected chi connectivity index (χ2v) is 23.0. The summed E-state index contributed by atoms with van der Waals surface area (Å²) in [4.78, 5) is 31.7. The monoisotopic (exact) mass is 1030 g/mol. The molecule has 0 aliphatic carbocycles. The molecule has 0 unspecified atom stereocenters. The molecule has 5 aliphatic heterocycles. The van der Waals surface area contributed by atoms with Crippen LogP contribution in [0, 0.1) is 17.8 Å². The van der Waals surface area contributed by atoms with Crippen LogP contribution in [0.3, 0.4) is 0 Å². The average Bonchev–Trinajstić information content (AvgIpc) is 3.80. The number of esters is 1. The Labute approximate surface area is 432 Å². The van der Waals surface area contributed by atoms with Crippen LogP contribution in [0.2, 0.25) is 0 Å². The van der Waals surface area contributed by atoms with Crippen LogP contribution in [0.1, 0.15) is 113 Å². The molecule has 5 aliphatic rings. The van der Waals surface area contributed by atoms with Gasteiger partial charge in [-0.3, -0.25) is 4.79 Å². The summed E-state index contributed by atoms with van der Waals surface area (Å²) in [6, 6.07) is 9.03. The highest BCUT2D eigenvalue weighted by Crippen LogP contribution is 2.42. The number of fused-ring (bicyclic) bond motifs is 15. The van der Waals surface area contributed by atoms with Crippen molar-refractivity contribution in [1.82, 2.24) is 14.8 Å². The quantitative estimate of drug-likeness (QED) is 0.133. The van der Waals surface area contributed by atoms with Crippen molar-refractivity contribution in [1.29, 1.82) is 0 Å². The van der Waals surface area contributed by atoms with Crippen molar-refractivity contribution in [3.63, 3.8) is 0 Å². The zero-order valence-electron chi connectivity index (χ0n) is 45.3. The zero-order valence-corrected chi connectivity index (χ0v) is 46.1. The van der Waals surface area contributed by atoms with Gasteiger partial charge in [0.05, 0.1) is 71.4 Å². The molecule has 7 rings (SSSR count). The van der Waals surface area contributed by atoms with Gasteiger partial charge in [0.15, 0.2) is 19.2 Å². The van der Waals surface area contributed by atoms with Crippen LogP contribution in [0.15, 0.2) is 35.5 Å². The number of oxime groups is 1. The lowest BCUT2D eigenvalue weighted by Gasteiger charge is -2.50. The van der Waals surface area contributed by atoms with Gasteiger partial charge < -0.3 is 73.6 Å². The molecule has 0 amide bonds. The number of nitrogen functional groups attached to an aromatic ring is 1. The van der Waals surface area contributed by atoms with Gasteiger partial charge in [-0.05, 0) is 125 Å². The first-order valence-corrected chi connectivity index (χ1v) is 26.9. The number of hydrogen-bond acceptors (Lipinski definition) is 19. The summed E-state index contributed by atoms with van der Waals surface area (Å²) in [5.74, 6) is -2.15. The minimum absolute atomic E-state index is 0.0818. The molecule has 2 bridgehead atoms. The zero-order chi connectivity index (χ0) is 52.9. The van der Waals surface area contributed by atoms with Crippen molar-refractivity contribution >= 4 is 28.8 Å². The second-order valence-electron chi connectivity index (χ2n) is 21.9. The molecule has 5 N–H and O–H groups in total. The standard InChI is InChI=1S/C53H87N5O13S/c1-15-22-58-26-30(3)47-53(11,62)41(16-2)69-49(61)34(7)45(70-43-25-51(9,63-14)46(60)35(8)68-43)33(6)48(71-50-44(59)39(57(12)13)23-32(5)67-50)52(10,24-31(58)4)65-28-36(27-64-47)56-66-29-37-20-21-40(72-37)38-18-17-19-42(54)55-38/h17-21,30-35,39,41,43-48,50,59-60,62H,15-16,22-29H2,1-14H3,(H2,54,55)/t30-,31+,32+,33-,34+,35-,39-,41+,43-,44+,45-,46-,47+,48+,50-,51+,52+,53+/m0/s1. The number of hydrogen-bond donors (Lipinski definition) is 4. The normalized spacial score (nSPS) is 40.7.